The van der Waals surface area contributed by atoms with Crippen LogP contribution in [-0.4, -0.2) is 75.6 Å². The van der Waals surface area contributed by atoms with E-state index in [9.17, 15) is 14.3 Å². The van der Waals surface area contributed by atoms with Crippen molar-refractivity contribution in [3.05, 3.63) is 24.3 Å². The molecule has 2 unspecified atom stereocenters. The Morgan fingerprint density at radius 3 is 1.53 bits per heavy atom. The fourth-order valence-corrected chi connectivity index (χ4v) is 6.40. The molecule has 0 aliphatic heterocycles. The van der Waals surface area contributed by atoms with Crippen LogP contribution in [0.15, 0.2) is 24.3 Å². The van der Waals surface area contributed by atoms with E-state index < -0.39 is 13.9 Å². The monoisotopic (exact) mass is 745 g/mol. The zero-order chi connectivity index (χ0) is 37.7. The van der Waals surface area contributed by atoms with Crippen LogP contribution in [0.25, 0.3) is 0 Å². The first kappa shape index (κ1) is 50.0. The van der Waals surface area contributed by atoms with Crippen LogP contribution in [-0.2, 0) is 27.9 Å². The number of hydrogen-bond donors (Lipinski definition) is 1. The molecule has 0 aliphatic carbocycles. The van der Waals surface area contributed by atoms with Gasteiger partial charge < -0.3 is 18.9 Å². The zero-order valence-electron chi connectivity index (χ0n) is 34.1. The quantitative estimate of drug-likeness (QED) is 0.0220. The molecule has 0 heterocycles. The molecule has 0 saturated heterocycles. The number of hydrogen-bond acceptors (Lipinski definition) is 6. The molecule has 0 saturated carbocycles. The van der Waals surface area contributed by atoms with E-state index in [-0.39, 0.29) is 25.8 Å². The summed E-state index contributed by atoms with van der Waals surface area (Å²) in [6.45, 7) is 5.58. The van der Waals surface area contributed by atoms with Crippen LogP contribution < -0.4 is 0 Å². The van der Waals surface area contributed by atoms with Crippen molar-refractivity contribution < 1.29 is 37.3 Å². The number of carbonyl (C=O) groups is 1. The van der Waals surface area contributed by atoms with Gasteiger partial charge in [0.25, 0.3) is 0 Å². The summed E-state index contributed by atoms with van der Waals surface area (Å²) in [6, 6.07) is 0. The molecule has 2 atom stereocenters. The summed E-state index contributed by atoms with van der Waals surface area (Å²) in [7, 11) is 1.66. The van der Waals surface area contributed by atoms with Crippen LogP contribution in [0, 0.1) is 0 Å². The molecule has 0 aromatic rings. The maximum absolute atomic E-state index is 12.7. The fourth-order valence-electron chi connectivity index (χ4n) is 5.66. The van der Waals surface area contributed by atoms with Crippen molar-refractivity contribution in [3.63, 3.8) is 0 Å². The van der Waals surface area contributed by atoms with Crippen LogP contribution in [0.4, 0.5) is 0 Å². The third kappa shape index (κ3) is 40.0. The Balaban J connectivity index is 4.27. The SMILES string of the molecule is CCCCC/C=C\CCCCCCCCOCC(COP(=O)(O)OCC[N+](C)(C)C)OC(=O)CCCCCCC/C=C\CCCCCCCCC. The van der Waals surface area contributed by atoms with Gasteiger partial charge in [0.2, 0.25) is 0 Å². The highest BCUT2D eigenvalue weighted by Gasteiger charge is 2.26. The van der Waals surface area contributed by atoms with E-state index in [1.54, 1.807) is 0 Å². The Labute approximate surface area is 315 Å². The lowest BCUT2D eigenvalue weighted by Gasteiger charge is -2.24. The van der Waals surface area contributed by atoms with E-state index in [2.05, 4.69) is 38.2 Å². The number of esters is 1. The number of quaternary nitrogens is 1. The van der Waals surface area contributed by atoms with Crippen LogP contribution in [0.2, 0.25) is 0 Å². The number of ether oxygens (including phenoxy) is 2. The number of rotatable bonds is 39. The maximum atomic E-state index is 12.7. The van der Waals surface area contributed by atoms with Gasteiger partial charge in [0.15, 0.2) is 0 Å². The molecule has 0 aromatic carbocycles. The van der Waals surface area contributed by atoms with Gasteiger partial charge in [-0.2, -0.15) is 0 Å². The van der Waals surface area contributed by atoms with E-state index >= 15 is 0 Å². The summed E-state index contributed by atoms with van der Waals surface area (Å²) in [6.07, 6.45) is 39.1. The molecule has 0 radical (unpaired) electrons. The second-order valence-electron chi connectivity index (χ2n) is 15.4. The molecular weight excluding hydrogens is 661 g/mol. The summed E-state index contributed by atoms with van der Waals surface area (Å²) in [4.78, 5) is 22.8. The standard InChI is InChI=1S/C42H82NO7P/c1-6-8-10-12-14-16-18-20-21-22-23-25-27-29-31-33-35-42(44)50-41(40-49-51(45,46)48-38-36-43(3,4)5)39-47-37-34-32-30-28-26-24-19-17-15-13-11-9-7-2/h15,17,21-22,41H,6-14,16,18-20,23-40H2,1-5H3/p+1/b17-15-,22-21-. The summed E-state index contributed by atoms with van der Waals surface area (Å²) in [5.41, 5.74) is 0. The van der Waals surface area contributed by atoms with Crippen molar-refractivity contribution in [2.24, 2.45) is 0 Å². The molecule has 51 heavy (non-hydrogen) atoms. The summed E-state index contributed by atoms with van der Waals surface area (Å²) >= 11 is 0. The summed E-state index contributed by atoms with van der Waals surface area (Å²) < 4.78 is 34.9. The molecule has 0 aromatic heterocycles. The van der Waals surface area contributed by atoms with E-state index in [1.165, 1.54) is 116 Å². The van der Waals surface area contributed by atoms with Crippen LogP contribution >= 0.6 is 7.82 Å². The number of allylic oxidation sites excluding steroid dienone is 4. The van der Waals surface area contributed by atoms with Gasteiger partial charge in [0.05, 0.1) is 34.4 Å². The topological polar surface area (TPSA) is 91.3 Å². The molecule has 0 spiro atoms. The van der Waals surface area contributed by atoms with Crippen molar-refractivity contribution in [2.45, 2.75) is 187 Å². The predicted molar refractivity (Wildman–Crippen MR) is 215 cm³/mol. The molecule has 0 bridgehead atoms. The van der Waals surface area contributed by atoms with Crippen LogP contribution in [0.5, 0.6) is 0 Å². The highest BCUT2D eigenvalue weighted by Crippen LogP contribution is 2.43. The van der Waals surface area contributed by atoms with E-state index in [0.29, 0.717) is 24.1 Å². The van der Waals surface area contributed by atoms with Gasteiger partial charge in [-0.15, -0.1) is 0 Å². The third-order valence-electron chi connectivity index (χ3n) is 8.99. The first-order valence-electron chi connectivity index (χ1n) is 21.1. The maximum Gasteiger partial charge on any atom is 0.472 e. The van der Waals surface area contributed by atoms with Crippen LogP contribution in [0.1, 0.15) is 181 Å². The zero-order valence-corrected chi connectivity index (χ0v) is 35.0. The molecule has 0 amide bonds. The highest BCUT2D eigenvalue weighted by atomic mass is 31.2. The molecule has 8 nitrogen and oxygen atoms in total. The average Bonchev–Trinajstić information content (AvgIpc) is 3.08. The second-order valence-corrected chi connectivity index (χ2v) is 16.8. The lowest BCUT2D eigenvalue weighted by Crippen LogP contribution is -2.37. The molecule has 302 valence electrons. The minimum atomic E-state index is -4.27. The number of phosphoric acid groups is 1. The smallest absolute Gasteiger partial charge is 0.457 e. The lowest BCUT2D eigenvalue weighted by molar-refractivity contribution is -0.870. The highest BCUT2D eigenvalue weighted by molar-refractivity contribution is 7.47. The van der Waals surface area contributed by atoms with Crippen molar-refractivity contribution in [1.82, 2.24) is 0 Å². The molecule has 0 fully saturated rings. The van der Waals surface area contributed by atoms with Gasteiger partial charge in [-0.25, -0.2) is 4.57 Å². The fraction of sp³-hybridized carbons (Fsp3) is 0.881. The number of likely N-dealkylation sites (N-methyl/N-ethyl adjacent to an activating group) is 1. The molecule has 1 N–H and O–H groups in total. The Hall–Kier alpha value is -1.02. The van der Waals surface area contributed by atoms with E-state index in [4.69, 9.17) is 18.5 Å². The average molecular weight is 745 g/mol. The minimum Gasteiger partial charge on any atom is -0.457 e. The Kier molecular flexibility index (Phi) is 35.3. The molecular formula is C42H83NO7P+. The molecule has 0 aliphatic rings. The van der Waals surface area contributed by atoms with Crippen molar-refractivity contribution in [3.8, 4) is 0 Å². The third-order valence-corrected chi connectivity index (χ3v) is 9.97. The summed E-state index contributed by atoms with van der Waals surface area (Å²) in [5.74, 6) is -0.324. The van der Waals surface area contributed by atoms with Gasteiger partial charge >= 0.3 is 13.8 Å². The largest absolute Gasteiger partial charge is 0.472 e. The first-order valence-corrected chi connectivity index (χ1v) is 22.6. The van der Waals surface area contributed by atoms with Crippen molar-refractivity contribution >= 4 is 13.8 Å². The minimum absolute atomic E-state index is 0.0868. The van der Waals surface area contributed by atoms with Gasteiger partial charge in [0, 0.05) is 13.0 Å². The Morgan fingerprint density at radius 1 is 0.588 bits per heavy atom. The van der Waals surface area contributed by atoms with Gasteiger partial charge in [0.1, 0.15) is 19.3 Å². The lowest BCUT2D eigenvalue weighted by atomic mass is 10.1. The number of nitrogens with zero attached hydrogens (tertiary/aromatic N) is 1. The number of carbonyl (C=O) groups excluding carboxylic acids is 1. The van der Waals surface area contributed by atoms with Gasteiger partial charge in [-0.3, -0.25) is 13.8 Å². The number of phosphoric ester groups is 1. The van der Waals surface area contributed by atoms with Crippen LogP contribution in [0.3, 0.4) is 0 Å². The van der Waals surface area contributed by atoms with Gasteiger partial charge in [-0.05, 0) is 64.2 Å². The van der Waals surface area contributed by atoms with Crippen molar-refractivity contribution in [1.29, 1.82) is 0 Å². The Bertz CT molecular complexity index is 874. The molecule has 0 rings (SSSR count). The first-order chi connectivity index (χ1) is 24.6. The summed E-state index contributed by atoms with van der Waals surface area (Å²) in [5, 5.41) is 0. The molecule has 9 heteroatoms. The Morgan fingerprint density at radius 2 is 1.02 bits per heavy atom. The van der Waals surface area contributed by atoms with E-state index in [0.717, 1.165) is 44.9 Å². The second kappa shape index (κ2) is 36.0. The van der Waals surface area contributed by atoms with E-state index in [1.807, 2.05) is 21.1 Å². The predicted octanol–water partition coefficient (Wildman–Crippen LogP) is 12.0. The number of unbranched alkanes of at least 4 members (excludes halogenated alkanes) is 21. The normalized spacial score (nSPS) is 14.1. The van der Waals surface area contributed by atoms with Gasteiger partial charge in [-0.1, -0.05) is 134 Å². The van der Waals surface area contributed by atoms with Crippen molar-refractivity contribution in [2.75, 3.05) is 54.1 Å².